The third-order valence-corrected chi connectivity index (χ3v) is 2.82. The van der Waals surface area contributed by atoms with Crippen molar-refractivity contribution >= 4 is 23.6 Å². The second-order valence-corrected chi connectivity index (χ2v) is 4.41. The lowest BCUT2D eigenvalue weighted by Gasteiger charge is -2.02. The smallest absolute Gasteiger partial charge is 0.267 e. The van der Waals surface area contributed by atoms with Gasteiger partial charge in [-0.2, -0.15) is 0 Å². The number of amides is 1. The van der Waals surface area contributed by atoms with Gasteiger partial charge in [0, 0.05) is 16.7 Å². The third-order valence-electron chi connectivity index (χ3n) is 2.59. The zero-order valence-corrected chi connectivity index (χ0v) is 10.9. The molecule has 19 heavy (non-hydrogen) atoms. The van der Waals surface area contributed by atoms with E-state index < -0.39 is 5.91 Å². The number of hydrogen-bond donors (Lipinski definition) is 2. The topological polar surface area (TPSA) is 62.5 Å². The first-order valence-electron chi connectivity index (χ1n) is 5.58. The largest absolute Gasteiger partial charge is 0.457 e. The Labute approximate surface area is 115 Å². The second-order valence-electron chi connectivity index (χ2n) is 3.97. The van der Waals surface area contributed by atoms with Gasteiger partial charge in [-0.1, -0.05) is 11.6 Å². The van der Waals surface area contributed by atoms with E-state index in [1.165, 1.54) is 17.6 Å². The van der Waals surface area contributed by atoms with Gasteiger partial charge in [0.05, 0.1) is 0 Å². The molecule has 0 bridgehead atoms. The maximum absolute atomic E-state index is 10.8. The van der Waals surface area contributed by atoms with Crippen LogP contribution in [0.3, 0.4) is 0 Å². The molecule has 1 aromatic heterocycles. The van der Waals surface area contributed by atoms with Gasteiger partial charge in [-0.15, -0.1) is 0 Å². The summed E-state index contributed by atoms with van der Waals surface area (Å²) in [5, 5.41) is 9.04. The van der Waals surface area contributed by atoms with Crippen molar-refractivity contribution in [1.82, 2.24) is 5.48 Å². The molecule has 0 radical (unpaired) electrons. The first kappa shape index (κ1) is 13.4. The molecule has 0 unspecified atom stereocenters. The van der Waals surface area contributed by atoms with E-state index in [2.05, 4.69) is 0 Å². The van der Waals surface area contributed by atoms with Crippen LogP contribution in [0.15, 0.2) is 40.8 Å². The molecule has 2 aromatic rings. The summed E-state index contributed by atoms with van der Waals surface area (Å²) in [6, 6.07) is 9.08. The van der Waals surface area contributed by atoms with E-state index in [9.17, 15) is 4.79 Å². The number of aryl methyl sites for hydroxylation is 1. The minimum absolute atomic E-state index is 0.521. The Morgan fingerprint density at radius 3 is 2.84 bits per heavy atom. The fourth-order valence-corrected chi connectivity index (χ4v) is 1.91. The highest BCUT2D eigenvalue weighted by Crippen LogP contribution is 2.27. The van der Waals surface area contributed by atoms with Gasteiger partial charge in [-0.3, -0.25) is 10.0 Å². The van der Waals surface area contributed by atoms with Crippen LogP contribution in [0, 0.1) is 6.92 Å². The molecule has 1 heterocycles. The van der Waals surface area contributed by atoms with Crippen molar-refractivity contribution in [3.8, 4) is 11.3 Å². The fourth-order valence-electron chi connectivity index (χ4n) is 1.69. The quantitative estimate of drug-likeness (QED) is 0.513. The average Bonchev–Trinajstić information content (AvgIpc) is 2.84. The monoisotopic (exact) mass is 277 g/mol. The van der Waals surface area contributed by atoms with Crippen LogP contribution >= 0.6 is 11.6 Å². The maximum Gasteiger partial charge on any atom is 0.267 e. The van der Waals surface area contributed by atoms with Crippen LogP contribution in [0.25, 0.3) is 17.4 Å². The van der Waals surface area contributed by atoms with Crippen LogP contribution in [0.5, 0.6) is 0 Å². The predicted molar refractivity (Wildman–Crippen MR) is 72.9 cm³/mol. The van der Waals surface area contributed by atoms with Gasteiger partial charge in [-0.05, 0) is 48.9 Å². The summed E-state index contributed by atoms with van der Waals surface area (Å²) < 4.78 is 5.59. The normalized spacial score (nSPS) is 10.9. The first-order valence-corrected chi connectivity index (χ1v) is 5.96. The van der Waals surface area contributed by atoms with Gasteiger partial charge in [0.1, 0.15) is 11.5 Å². The zero-order chi connectivity index (χ0) is 13.8. The van der Waals surface area contributed by atoms with Gasteiger partial charge in [0.25, 0.3) is 5.91 Å². The molecule has 0 fully saturated rings. The van der Waals surface area contributed by atoms with Crippen molar-refractivity contribution in [2.75, 3.05) is 0 Å². The zero-order valence-electron chi connectivity index (χ0n) is 10.2. The molecule has 98 valence electrons. The Morgan fingerprint density at radius 1 is 1.37 bits per heavy atom. The standard InChI is InChI=1S/C14H12ClNO3/c1-9-8-10(15)2-5-12(9)13-6-3-11(19-13)4-7-14(17)16-18/h2-8,18H,1H3,(H,16,17)/b7-4+. The van der Waals surface area contributed by atoms with Crippen LogP contribution in [0.1, 0.15) is 11.3 Å². The van der Waals surface area contributed by atoms with Crippen molar-refractivity contribution < 1.29 is 14.4 Å². The molecule has 0 aliphatic heterocycles. The molecule has 0 aliphatic carbocycles. The van der Waals surface area contributed by atoms with Crippen LogP contribution in [0.2, 0.25) is 5.02 Å². The van der Waals surface area contributed by atoms with E-state index in [1.54, 1.807) is 12.1 Å². The highest BCUT2D eigenvalue weighted by Gasteiger charge is 2.06. The molecule has 2 rings (SSSR count). The Kier molecular flexibility index (Phi) is 4.04. The number of hydroxylamine groups is 1. The molecular weight excluding hydrogens is 266 g/mol. The van der Waals surface area contributed by atoms with Crippen LogP contribution < -0.4 is 5.48 Å². The first-order chi connectivity index (χ1) is 9.10. The number of halogens is 1. The summed E-state index contributed by atoms with van der Waals surface area (Å²) in [5.41, 5.74) is 3.45. The van der Waals surface area contributed by atoms with E-state index in [-0.39, 0.29) is 0 Å². The molecule has 0 aliphatic rings. The Balaban J connectivity index is 2.26. The van der Waals surface area contributed by atoms with Crippen molar-refractivity contribution in [2.24, 2.45) is 0 Å². The summed E-state index contributed by atoms with van der Waals surface area (Å²) >= 11 is 5.90. The van der Waals surface area contributed by atoms with Gasteiger partial charge < -0.3 is 4.42 Å². The Hall–Kier alpha value is -2.04. The van der Waals surface area contributed by atoms with Gasteiger partial charge in [0.15, 0.2) is 0 Å². The van der Waals surface area contributed by atoms with Crippen molar-refractivity contribution in [1.29, 1.82) is 0 Å². The summed E-state index contributed by atoms with van der Waals surface area (Å²) in [6.07, 6.45) is 2.65. The van der Waals surface area contributed by atoms with Gasteiger partial charge in [-0.25, -0.2) is 5.48 Å². The summed E-state index contributed by atoms with van der Waals surface area (Å²) in [4.78, 5) is 10.8. The number of hydrogen-bond acceptors (Lipinski definition) is 3. The van der Waals surface area contributed by atoms with E-state index in [1.807, 2.05) is 25.1 Å². The molecule has 1 amide bonds. The molecule has 2 N–H and O–H groups in total. The highest BCUT2D eigenvalue weighted by molar-refractivity contribution is 6.30. The number of carbonyl (C=O) groups excluding carboxylic acids is 1. The number of nitrogens with one attached hydrogen (secondary N) is 1. The van der Waals surface area contributed by atoms with E-state index in [0.29, 0.717) is 16.5 Å². The molecular formula is C14H12ClNO3. The summed E-state index contributed by atoms with van der Waals surface area (Å²) in [5.74, 6) is 0.604. The maximum atomic E-state index is 10.8. The molecule has 0 atom stereocenters. The number of furan rings is 1. The summed E-state index contributed by atoms with van der Waals surface area (Å²) in [6.45, 7) is 1.94. The predicted octanol–water partition coefficient (Wildman–Crippen LogP) is 3.43. The summed E-state index contributed by atoms with van der Waals surface area (Å²) in [7, 11) is 0. The van der Waals surface area contributed by atoms with Gasteiger partial charge in [0.2, 0.25) is 0 Å². The number of rotatable bonds is 3. The molecule has 0 spiro atoms. The van der Waals surface area contributed by atoms with Gasteiger partial charge >= 0.3 is 0 Å². The van der Waals surface area contributed by atoms with Crippen molar-refractivity contribution in [3.63, 3.8) is 0 Å². The Morgan fingerprint density at radius 2 is 2.16 bits per heavy atom. The molecule has 0 saturated carbocycles. The molecule has 0 saturated heterocycles. The molecule has 1 aromatic carbocycles. The molecule has 4 nitrogen and oxygen atoms in total. The lowest BCUT2D eigenvalue weighted by Crippen LogP contribution is -2.14. The van der Waals surface area contributed by atoms with Crippen LogP contribution in [0.4, 0.5) is 0 Å². The second kappa shape index (κ2) is 5.73. The average molecular weight is 278 g/mol. The highest BCUT2D eigenvalue weighted by atomic mass is 35.5. The van der Waals surface area contributed by atoms with Crippen LogP contribution in [-0.2, 0) is 4.79 Å². The van der Waals surface area contributed by atoms with Crippen molar-refractivity contribution in [2.45, 2.75) is 6.92 Å². The van der Waals surface area contributed by atoms with Crippen molar-refractivity contribution in [3.05, 3.63) is 52.8 Å². The number of benzene rings is 1. The minimum Gasteiger partial charge on any atom is -0.457 e. The lowest BCUT2D eigenvalue weighted by atomic mass is 10.1. The van der Waals surface area contributed by atoms with E-state index >= 15 is 0 Å². The fraction of sp³-hybridized carbons (Fsp3) is 0.0714. The molecule has 5 heteroatoms. The number of carbonyl (C=O) groups is 1. The minimum atomic E-state index is -0.611. The lowest BCUT2D eigenvalue weighted by molar-refractivity contribution is -0.124. The van der Waals surface area contributed by atoms with Crippen LogP contribution in [-0.4, -0.2) is 11.1 Å². The van der Waals surface area contributed by atoms with E-state index in [0.717, 1.165) is 11.1 Å². The SMILES string of the molecule is Cc1cc(Cl)ccc1-c1ccc(/C=C/C(=O)NO)o1. The third kappa shape index (κ3) is 3.24. The Bertz CT molecular complexity index is 631. The van der Waals surface area contributed by atoms with E-state index in [4.69, 9.17) is 21.2 Å².